The van der Waals surface area contributed by atoms with Crippen LogP contribution in [0.25, 0.3) is 10.2 Å². The number of amides is 3. The van der Waals surface area contributed by atoms with Crippen molar-refractivity contribution in [1.29, 1.82) is 0 Å². The fraction of sp³-hybridized carbons (Fsp3) is 0.190. The number of methoxy groups -OCH3 is 1. The Kier molecular flexibility index (Phi) is 5.28. The average Bonchev–Trinajstić information content (AvgIpc) is 3.27. The Balaban J connectivity index is 1.75. The summed E-state index contributed by atoms with van der Waals surface area (Å²) in [6, 6.07) is 13.7. The molecule has 0 unspecified atom stereocenters. The molecule has 8 nitrogen and oxygen atoms in total. The van der Waals surface area contributed by atoms with Gasteiger partial charge in [-0.3, -0.25) is 24.1 Å². The second-order valence-electron chi connectivity index (χ2n) is 6.60. The summed E-state index contributed by atoms with van der Waals surface area (Å²) >= 11 is 1.28. The maximum absolute atomic E-state index is 12.9. The summed E-state index contributed by atoms with van der Waals surface area (Å²) in [5, 5.41) is 0. The molecule has 1 aromatic heterocycles. The number of carbonyl (C=O) groups excluding carboxylic acids is 4. The van der Waals surface area contributed by atoms with Gasteiger partial charge in [0.15, 0.2) is 4.80 Å². The lowest BCUT2D eigenvalue weighted by Gasteiger charge is -2.14. The number of aromatic nitrogens is 1. The van der Waals surface area contributed by atoms with E-state index in [1.54, 1.807) is 22.8 Å². The second kappa shape index (κ2) is 8.03. The van der Waals surface area contributed by atoms with Gasteiger partial charge in [-0.15, -0.1) is 0 Å². The van der Waals surface area contributed by atoms with Crippen LogP contribution in [0.3, 0.4) is 0 Å². The number of rotatable bonds is 4. The van der Waals surface area contributed by atoms with Crippen LogP contribution in [0.4, 0.5) is 5.69 Å². The Hall–Kier alpha value is -3.59. The third-order valence-electron chi connectivity index (χ3n) is 4.70. The number of imide groups is 1. The van der Waals surface area contributed by atoms with Crippen molar-refractivity contribution in [2.75, 3.05) is 12.0 Å². The van der Waals surface area contributed by atoms with Gasteiger partial charge in [-0.1, -0.05) is 29.5 Å². The SMILES string of the molecule is COC(=O)Cn1c(=NC(=O)c2cccc(N3C(=O)CCC3=O)c2)sc2ccccc21. The molecule has 0 saturated carbocycles. The summed E-state index contributed by atoms with van der Waals surface area (Å²) < 4.78 is 7.26. The minimum atomic E-state index is -0.541. The highest BCUT2D eigenvalue weighted by Gasteiger charge is 2.30. The molecule has 3 amide bonds. The third-order valence-corrected chi connectivity index (χ3v) is 5.76. The number of hydrogen-bond donors (Lipinski definition) is 0. The summed E-state index contributed by atoms with van der Waals surface area (Å²) in [6.45, 7) is -0.0799. The molecule has 152 valence electrons. The zero-order valence-corrected chi connectivity index (χ0v) is 16.8. The Morgan fingerprint density at radius 2 is 1.80 bits per heavy atom. The van der Waals surface area contributed by atoms with Crippen molar-refractivity contribution in [3.05, 3.63) is 58.9 Å². The van der Waals surface area contributed by atoms with Gasteiger partial charge in [0.25, 0.3) is 5.91 Å². The summed E-state index contributed by atoms with van der Waals surface area (Å²) in [6.07, 6.45) is 0.327. The molecule has 1 aliphatic heterocycles. The monoisotopic (exact) mass is 423 g/mol. The molecule has 0 atom stereocenters. The topological polar surface area (TPSA) is 98.0 Å². The molecule has 0 aliphatic carbocycles. The first kappa shape index (κ1) is 19.7. The van der Waals surface area contributed by atoms with E-state index in [4.69, 9.17) is 4.74 Å². The van der Waals surface area contributed by atoms with Crippen LogP contribution in [-0.4, -0.2) is 35.4 Å². The van der Waals surface area contributed by atoms with Gasteiger partial charge < -0.3 is 9.30 Å². The first-order valence-corrected chi connectivity index (χ1v) is 9.99. The molecular weight excluding hydrogens is 406 g/mol. The maximum atomic E-state index is 12.9. The molecular formula is C21H17N3O5S. The zero-order valence-electron chi connectivity index (χ0n) is 16.0. The van der Waals surface area contributed by atoms with Crippen LogP contribution < -0.4 is 9.70 Å². The number of benzene rings is 2. The first-order chi connectivity index (χ1) is 14.5. The molecule has 0 spiro atoms. The van der Waals surface area contributed by atoms with E-state index in [-0.39, 0.29) is 36.8 Å². The van der Waals surface area contributed by atoms with Crippen LogP contribution in [0.15, 0.2) is 53.5 Å². The molecule has 3 aromatic rings. The second-order valence-corrected chi connectivity index (χ2v) is 7.61. The number of para-hydroxylation sites is 1. The van der Waals surface area contributed by atoms with Crippen LogP contribution in [0.1, 0.15) is 23.2 Å². The lowest BCUT2D eigenvalue weighted by atomic mass is 10.2. The van der Waals surface area contributed by atoms with Crippen molar-refractivity contribution in [3.63, 3.8) is 0 Å². The molecule has 1 aliphatic rings. The lowest BCUT2D eigenvalue weighted by Crippen LogP contribution is -2.28. The molecule has 1 fully saturated rings. The molecule has 30 heavy (non-hydrogen) atoms. The van der Waals surface area contributed by atoms with E-state index in [1.807, 2.05) is 24.3 Å². The predicted molar refractivity (Wildman–Crippen MR) is 110 cm³/mol. The van der Waals surface area contributed by atoms with Gasteiger partial charge in [-0.2, -0.15) is 4.99 Å². The van der Waals surface area contributed by atoms with E-state index >= 15 is 0 Å². The van der Waals surface area contributed by atoms with Crippen molar-refractivity contribution in [2.24, 2.45) is 4.99 Å². The van der Waals surface area contributed by atoms with Crippen LogP contribution in [0.5, 0.6) is 0 Å². The molecule has 2 heterocycles. The zero-order chi connectivity index (χ0) is 21.3. The normalized spacial score (nSPS) is 14.6. The van der Waals surface area contributed by atoms with E-state index in [2.05, 4.69) is 4.99 Å². The summed E-state index contributed by atoms with van der Waals surface area (Å²) in [7, 11) is 1.30. The molecule has 2 aromatic carbocycles. The van der Waals surface area contributed by atoms with Crippen LogP contribution in [0.2, 0.25) is 0 Å². The summed E-state index contributed by atoms with van der Waals surface area (Å²) in [5.74, 6) is -1.58. The molecule has 0 bridgehead atoms. The number of nitrogens with zero attached hydrogens (tertiary/aromatic N) is 3. The van der Waals surface area contributed by atoms with E-state index < -0.39 is 11.9 Å². The van der Waals surface area contributed by atoms with E-state index in [9.17, 15) is 19.2 Å². The number of anilines is 1. The minimum absolute atomic E-state index is 0.0799. The van der Waals surface area contributed by atoms with Crippen molar-refractivity contribution in [2.45, 2.75) is 19.4 Å². The fourth-order valence-electron chi connectivity index (χ4n) is 3.25. The highest BCUT2D eigenvalue weighted by molar-refractivity contribution is 7.16. The van der Waals surface area contributed by atoms with Crippen molar-refractivity contribution < 1.29 is 23.9 Å². The van der Waals surface area contributed by atoms with E-state index in [1.165, 1.54) is 24.5 Å². The Morgan fingerprint density at radius 3 is 2.53 bits per heavy atom. The number of fused-ring (bicyclic) bond motifs is 1. The maximum Gasteiger partial charge on any atom is 0.325 e. The molecule has 9 heteroatoms. The summed E-state index contributed by atoms with van der Waals surface area (Å²) in [5.41, 5.74) is 1.35. The quantitative estimate of drug-likeness (QED) is 0.474. The van der Waals surface area contributed by atoms with Gasteiger partial charge in [-0.05, 0) is 30.3 Å². The number of carbonyl (C=O) groups is 4. The molecule has 4 rings (SSSR count). The molecule has 0 N–H and O–H groups in total. The molecule has 1 saturated heterocycles. The number of hydrogen-bond acceptors (Lipinski definition) is 6. The molecule has 0 radical (unpaired) electrons. The van der Waals surface area contributed by atoms with Crippen molar-refractivity contribution in [1.82, 2.24) is 4.57 Å². The summed E-state index contributed by atoms with van der Waals surface area (Å²) in [4.78, 5) is 54.3. The fourth-order valence-corrected chi connectivity index (χ4v) is 4.27. The Morgan fingerprint density at radius 1 is 1.07 bits per heavy atom. The van der Waals surface area contributed by atoms with Gasteiger partial charge in [0.1, 0.15) is 6.54 Å². The number of thiazole rings is 1. The Bertz CT molecular complexity index is 1240. The van der Waals surface area contributed by atoms with Gasteiger partial charge >= 0.3 is 5.97 Å². The number of ether oxygens (including phenoxy) is 1. The third kappa shape index (κ3) is 3.67. The standard InChI is InChI=1S/C21H17N3O5S/c1-29-19(27)12-23-15-7-2-3-8-16(15)30-21(23)22-20(28)13-5-4-6-14(11-13)24-17(25)9-10-18(24)26/h2-8,11H,9-10,12H2,1H3. The average molecular weight is 423 g/mol. The first-order valence-electron chi connectivity index (χ1n) is 9.18. The van der Waals surface area contributed by atoms with Crippen LogP contribution >= 0.6 is 11.3 Å². The van der Waals surface area contributed by atoms with Crippen molar-refractivity contribution in [3.8, 4) is 0 Å². The van der Waals surface area contributed by atoms with Crippen molar-refractivity contribution >= 4 is 50.9 Å². The van der Waals surface area contributed by atoms with Gasteiger partial charge in [0.05, 0.1) is 23.0 Å². The highest BCUT2D eigenvalue weighted by Crippen LogP contribution is 2.24. The largest absolute Gasteiger partial charge is 0.468 e. The van der Waals surface area contributed by atoms with Crippen LogP contribution in [-0.2, 0) is 25.7 Å². The van der Waals surface area contributed by atoms with E-state index in [0.29, 0.717) is 10.5 Å². The van der Waals surface area contributed by atoms with Gasteiger partial charge in [0.2, 0.25) is 11.8 Å². The minimum Gasteiger partial charge on any atom is -0.468 e. The van der Waals surface area contributed by atoms with E-state index in [0.717, 1.165) is 15.1 Å². The van der Waals surface area contributed by atoms with Crippen LogP contribution in [0, 0.1) is 0 Å². The predicted octanol–water partition coefficient (Wildman–Crippen LogP) is 2.27. The van der Waals surface area contributed by atoms with Gasteiger partial charge in [0, 0.05) is 18.4 Å². The highest BCUT2D eigenvalue weighted by atomic mass is 32.1. The Labute approximate surface area is 175 Å². The number of esters is 1. The smallest absolute Gasteiger partial charge is 0.325 e. The lowest BCUT2D eigenvalue weighted by molar-refractivity contribution is -0.141. The van der Waals surface area contributed by atoms with Gasteiger partial charge in [-0.25, -0.2) is 0 Å².